The summed E-state index contributed by atoms with van der Waals surface area (Å²) >= 11 is 0. The molecule has 1 unspecified atom stereocenters. The van der Waals surface area contributed by atoms with Crippen LogP contribution in [0.25, 0.3) is 0 Å². The number of carboxylic acid groups (broad SMARTS) is 1. The number of carboxylic acids is 1. The third kappa shape index (κ3) is 4.56. The Morgan fingerprint density at radius 2 is 1.82 bits per heavy atom. The van der Waals surface area contributed by atoms with E-state index in [-0.39, 0.29) is 22.6 Å². The van der Waals surface area contributed by atoms with Crippen LogP contribution in [0.15, 0.2) is 29.2 Å². The van der Waals surface area contributed by atoms with Crippen LogP contribution >= 0.6 is 0 Å². The van der Waals surface area contributed by atoms with Crippen molar-refractivity contribution >= 4 is 21.7 Å². The smallest absolute Gasteiger partial charge is 0.326 e. The van der Waals surface area contributed by atoms with Crippen LogP contribution in [0.1, 0.15) is 43.5 Å². The van der Waals surface area contributed by atoms with Crippen molar-refractivity contribution in [2.24, 2.45) is 0 Å². The molecule has 2 N–H and O–H groups in total. The van der Waals surface area contributed by atoms with E-state index < -0.39 is 27.8 Å². The highest BCUT2D eigenvalue weighted by atomic mass is 32.2. The summed E-state index contributed by atoms with van der Waals surface area (Å²) < 4.78 is 24.4. The highest BCUT2D eigenvalue weighted by molar-refractivity contribution is 7.91. The van der Waals surface area contributed by atoms with Gasteiger partial charge in [0.2, 0.25) is 0 Å². The number of hydrogen-bond donors (Lipinski definition) is 2. The van der Waals surface area contributed by atoms with E-state index in [9.17, 15) is 18.0 Å². The SMILES string of the molecule is CCCC(NC(=O)c1ccccc1S(=O)(=O)CCC)C(=O)O. The summed E-state index contributed by atoms with van der Waals surface area (Å²) in [6.07, 6.45) is 1.31. The molecule has 122 valence electrons. The summed E-state index contributed by atoms with van der Waals surface area (Å²) in [5.74, 6) is -1.88. The van der Waals surface area contributed by atoms with E-state index in [0.29, 0.717) is 12.8 Å². The van der Waals surface area contributed by atoms with Crippen molar-refractivity contribution in [2.45, 2.75) is 44.0 Å². The fourth-order valence-electron chi connectivity index (χ4n) is 2.09. The minimum Gasteiger partial charge on any atom is -0.480 e. The molecule has 0 aliphatic heterocycles. The zero-order chi connectivity index (χ0) is 16.8. The fourth-order valence-corrected chi connectivity index (χ4v) is 3.63. The summed E-state index contributed by atoms with van der Waals surface area (Å²) in [7, 11) is -3.56. The number of sulfone groups is 1. The first-order chi connectivity index (χ1) is 10.3. The number of amides is 1. The van der Waals surface area contributed by atoms with E-state index in [1.165, 1.54) is 12.1 Å². The number of aliphatic carboxylic acids is 1. The first-order valence-corrected chi connectivity index (χ1v) is 8.84. The minimum absolute atomic E-state index is 0.0155. The van der Waals surface area contributed by atoms with E-state index in [1.807, 2.05) is 6.92 Å². The van der Waals surface area contributed by atoms with Crippen molar-refractivity contribution in [3.63, 3.8) is 0 Å². The van der Waals surface area contributed by atoms with Gasteiger partial charge < -0.3 is 10.4 Å². The molecule has 0 aliphatic rings. The van der Waals surface area contributed by atoms with Gasteiger partial charge in [-0.15, -0.1) is 0 Å². The second kappa shape index (κ2) is 7.93. The van der Waals surface area contributed by atoms with Crippen LogP contribution in [0.3, 0.4) is 0 Å². The van der Waals surface area contributed by atoms with Crippen LogP contribution in [-0.2, 0) is 14.6 Å². The van der Waals surface area contributed by atoms with Gasteiger partial charge in [-0.1, -0.05) is 32.4 Å². The maximum atomic E-state index is 12.3. The van der Waals surface area contributed by atoms with Crippen molar-refractivity contribution < 1.29 is 23.1 Å². The number of carbonyl (C=O) groups excluding carboxylic acids is 1. The van der Waals surface area contributed by atoms with Crippen LogP contribution in [0.4, 0.5) is 0 Å². The van der Waals surface area contributed by atoms with E-state index in [0.717, 1.165) is 0 Å². The Bertz CT molecular complexity index is 639. The van der Waals surface area contributed by atoms with Crippen LogP contribution < -0.4 is 5.32 Å². The predicted molar refractivity (Wildman–Crippen MR) is 82.6 cm³/mol. The zero-order valence-corrected chi connectivity index (χ0v) is 13.5. The Balaban J connectivity index is 3.12. The molecule has 1 aromatic rings. The molecule has 0 saturated heterocycles. The average molecular weight is 327 g/mol. The zero-order valence-electron chi connectivity index (χ0n) is 12.7. The lowest BCUT2D eigenvalue weighted by Gasteiger charge is -2.15. The lowest BCUT2D eigenvalue weighted by atomic mass is 10.1. The Morgan fingerprint density at radius 1 is 1.18 bits per heavy atom. The average Bonchev–Trinajstić information content (AvgIpc) is 2.46. The predicted octanol–water partition coefficient (Wildman–Crippen LogP) is 1.85. The Labute approximate surface area is 130 Å². The summed E-state index contributed by atoms with van der Waals surface area (Å²) in [4.78, 5) is 23.3. The lowest BCUT2D eigenvalue weighted by molar-refractivity contribution is -0.139. The Morgan fingerprint density at radius 3 is 2.36 bits per heavy atom. The first-order valence-electron chi connectivity index (χ1n) is 7.19. The molecule has 0 fully saturated rings. The van der Waals surface area contributed by atoms with Gasteiger partial charge in [0.15, 0.2) is 9.84 Å². The van der Waals surface area contributed by atoms with Gasteiger partial charge in [-0.25, -0.2) is 13.2 Å². The van der Waals surface area contributed by atoms with Gasteiger partial charge in [-0.3, -0.25) is 4.79 Å². The monoisotopic (exact) mass is 327 g/mol. The van der Waals surface area contributed by atoms with E-state index >= 15 is 0 Å². The number of nitrogens with one attached hydrogen (secondary N) is 1. The van der Waals surface area contributed by atoms with Crippen LogP contribution in [0.5, 0.6) is 0 Å². The molecule has 22 heavy (non-hydrogen) atoms. The molecule has 0 heterocycles. The second-order valence-corrected chi connectivity index (χ2v) is 7.05. The van der Waals surface area contributed by atoms with Gasteiger partial charge in [0, 0.05) is 0 Å². The van der Waals surface area contributed by atoms with Crippen molar-refractivity contribution in [1.29, 1.82) is 0 Å². The molecule has 0 aliphatic carbocycles. The van der Waals surface area contributed by atoms with E-state index in [2.05, 4.69) is 5.32 Å². The van der Waals surface area contributed by atoms with Gasteiger partial charge in [0.05, 0.1) is 16.2 Å². The maximum absolute atomic E-state index is 12.3. The molecule has 0 spiro atoms. The maximum Gasteiger partial charge on any atom is 0.326 e. The van der Waals surface area contributed by atoms with E-state index in [1.54, 1.807) is 19.1 Å². The largest absolute Gasteiger partial charge is 0.480 e. The number of carbonyl (C=O) groups is 2. The summed E-state index contributed by atoms with van der Waals surface area (Å²) in [6, 6.07) is 4.83. The highest BCUT2D eigenvalue weighted by Gasteiger charge is 2.25. The molecule has 1 amide bonds. The van der Waals surface area contributed by atoms with Gasteiger partial charge in [-0.05, 0) is 25.0 Å². The first kappa shape index (κ1) is 18.2. The summed E-state index contributed by atoms with van der Waals surface area (Å²) in [6.45, 7) is 3.55. The minimum atomic E-state index is -3.56. The molecular weight excluding hydrogens is 306 g/mol. The van der Waals surface area contributed by atoms with Crippen molar-refractivity contribution in [1.82, 2.24) is 5.32 Å². The third-order valence-corrected chi connectivity index (χ3v) is 5.09. The molecule has 7 heteroatoms. The quantitative estimate of drug-likeness (QED) is 0.759. The topological polar surface area (TPSA) is 101 Å². The number of rotatable bonds is 8. The van der Waals surface area contributed by atoms with Crippen molar-refractivity contribution in [3.05, 3.63) is 29.8 Å². The molecular formula is C15H21NO5S. The summed E-state index contributed by atoms with van der Waals surface area (Å²) in [5.41, 5.74) is -0.0155. The lowest BCUT2D eigenvalue weighted by Crippen LogP contribution is -2.41. The van der Waals surface area contributed by atoms with Crippen molar-refractivity contribution in [3.8, 4) is 0 Å². The van der Waals surface area contributed by atoms with Crippen LogP contribution in [0.2, 0.25) is 0 Å². The van der Waals surface area contributed by atoms with E-state index in [4.69, 9.17) is 5.11 Å². The molecule has 1 aromatic carbocycles. The standard InChI is InChI=1S/C15H21NO5S/c1-3-7-12(15(18)19)16-14(17)11-8-5-6-9-13(11)22(20,21)10-4-2/h5-6,8-9,12H,3-4,7,10H2,1-2H3,(H,16,17)(H,18,19). The van der Waals surface area contributed by atoms with Gasteiger partial charge in [-0.2, -0.15) is 0 Å². The molecule has 0 bridgehead atoms. The third-order valence-electron chi connectivity index (χ3n) is 3.12. The molecule has 1 rings (SSSR count). The van der Waals surface area contributed by atoms with Gasteiger partial charge >= 0.3 is 5.97 Å². The second-order valence-electron chi connectivity index (χ2n) is 4.97. The summed E-state index contributed by atoms with van der Waals surface area (Å²) in [5, 5.41) is 11.5. The van der Waals surface area contributed by atoms with Gasteiger partial charge in [0.1, 0.15) is 6.04 Å². The Kier molecular flexibility index (Phi) is 6.55. The highest BCUT2D eigenvalue weighted by Crippen LogP contribution is 2.18. The number of hydrogen-bond acceptors (Lipinski definition) is 4. The van der Waals surface area contributed by atoms with Gasteiger partial charge in [0.25, 0.3) is 5.91 Å². The molecule has 0 saturated carbocycles. The molecule has 0 radical (unpaired) electrons. The van der Waals surface area contributed by atoms with Crippen molar-refractivity contribution in [2.75, 3.05) is 5.75 Å². The molecule has 0 aromatic heterocycles. The molecule has 6 nitrogen and oxygen atoms in total. The molecule has 1 atom stereocenters. The fraction of sp³-hybridized carbons (Fsp3) is 0.467. The Hall–Kier alpha value is -1.89. The normalized spacial score (nSPS) is 12.6. The van der Waals surface area contributed by atoms with Crippen LogP contribution in [0, 0.1) is 0 Å². The van der Waals surface area contributed by atoms with Crippen LogP contribution in [-0.4, -0.2) is 37.2 Å². The number of benzene rings is 1.